The van der Waals surface area contributed by atoms with Gasteiger partial charge in [0.25, 0.3) is 0 Å². The first-order valence-electron chi connectivity index (χ1n) is 4.21. The summed E-state index contributed by atoms with van der Waals surface area (Å²) in [5.41, 5.74) is 6.32. The largest absolute Gasteiger partial charge is 0.327 e. The third-order valence-corrected chi connectivity index (χ3v) is 3.53. The molecule has 0 bridgehead atoms. The van der Waals surface area contributed by atoms with Gasteiger partial charge in [-0.2, -0.15) is 11.8 Å². The second-order valence-electron chi connectivity index (χ2n) is 4.09. The minimum atomic E-state index is 0.328. The quantitative estimate of drug-likeness (QED) is 0.713. The summed E-state index contributed by atoms with van der Waals surface area (Å²) in [6, 6.07) is 0.338. The van der Waals surface area contributed by atoms with Crippen LogP contribution in [0, 0.1) is 5.41 Å². The fourth-order valence-electron chi connectivity index (χ4n) is 1.38. The fraction of sp³-hybridized carbons (Fsp3) is 1.00. The highest BCUT2D eigenvalue weighted by atomic mass is 32.2. The minimum Gasteiger partial charge on any atom is -0.327 e. The smallest absolute Gasteiger partial charge is 0.0244 e. The van der Waals surface area contributed by atoms with E-state index < -0.39 is 0 Å². The van der Waals surface area contributed by atoms with Crippen molar-refractivity contribution in [3.8, 4) is 0 Å². The molecule has 2 heteroatoms. The second kappa shape index (κ2) is 4.36. The Morgan fingerprint density at radius 3 is 1.91 bits per heavy atom. The van der Waals surface area contributed by atoms with Crippen LogP contribution in [0.5, 0.6) is 0 Å². The molecule has 11 heavy (non-hydrogen) atoms. The maximum atomic E-state index is 5.99. The molecule has 0 aliphatic rings. The Balaban J connectivity index is 4.16. The maximum Gasteiger partial charge on any atom is 0.0244 e. The first-order chi connectivity index (χ1) is 4.93. The van der Waals surface area contributed by atoms with E-state index >= 15 is 0 Å². The fourth-order valence-corrected chi connectivity index (χ4v) is 2.63. The Hall–Kier alpha value is 0.310. The van der Waals surface area contributed by atoms with E-state index in [9.17, 15) is 0 Å². The molecule has 0 aromatic rings. The van der Waals surface area contributed by atoms with Gasteiger partial charge in [-0.1, -0.05) is 27.7 Å². The average Bonchev–Trinajstić information content (AvgIpc) is 1.86. The van der Waals surface area contributed by atoms with Crippen LogP contribution >= 0.6 is 11.8 Å². The Labute approximate surface area is 75.1 Å². The van der Waals surface area contributed by atoms with E-state index in [1.54, 1.807) is 0 Å². The van der Waals surface area contributed by atoms with Gasteiger partial charge < -0.3 is 5.73 Å². The molecule has 0 saturated carbocycles. The lowest BCUT2D eigenvalue weighted by molar-refractivity contribution is 0.351. The molecule has 0 aliphatic heterocycles. The molecule has 1 nitrogen and oxygen atoms in total. The monoisotopic (exact) mass is 175 g/mol. The van der Waals surface area contributed by atoms with Crippen LogP contribution in [0.15, 0.2) is 0 Å². The second-order valence-corrected chi connectivity index (χ2v) is 5.07. The maximum absolute atomic E-state index is 5.99. The zero-order chi connectivity index (χ0) is 9.07. The number of hydrogen-bond acceptors (Lipinski definition) is 2. The molecule has 0 amide bonds. The minimum absolute atomic E-state index is 0.328. The van der Waals surface area contributed by atoms with Crippen LogP contribution in [0.1, 0.15) is 34.1 Å². The summed E-state index contributed by atoms with van der Waals surface area (Å²) in [5.74, 6) is 0. The third-order valence-electron chi connectivity index (χ3n) is 1.97. The lowest BCUT2D eigenvalue weighted by Crippen LogP contribution is -2.40. The standard InChI is InChI=1S/C9H21NS/c1-6-7(10)8(11-5)9(2,3)4/h7-8H,6,10H2,1-5H3. The average molecular weight is 175 g/mol. The molecule has 0 rings (SSSR count). The molecule has 2 atom stereocenters. The lowest BCUT2D eigenvalue weighted by atomic mass is 9.87. The Morgan fingerprint density at radius 1 is 1.36 bits per heavy atom. The molecular formula is C9H21NS. The van der Waals surface area contributed by atoms with Crippen LogP contribution in [0.2, 0.25) is 0 Å². The van der Waals surface area contributed by atoms with Crippen LogP contribution in [-0.2, 0) is 0 Å². The first kappa shape index (κ1) is 11.3. The topological polar surface area (TPSA) is 26.0 Å². The van der Waals surface area contributed by atoms with Crippen molar-refractivity contribution in [2.24, 2.45) is 11.1 Å². The van der Waals surface area contributed by atoms with Gasteiger partial charge in [0, 0.05) is 11.3 Å². The highest BCUT2D eigenvalue weighted by Crippen LogP contribution is 2.31. The van der Waals surface area contributed by atoms with E-state index in [0.29, 0.717) is 16.7 Å². The predicted octanol–water partition coefficient (Wildman–Crippen LogP) is 2.50. The van der Waals surface area contributed by atoms with Gasteiger partial charge in [0.05, 0.1) is 0 Å². The van der Waals surface area contributed by atoms with Crippen molar-refractivity contribution in [1.82, 2.24) is 0 Å². The molecule has 0 heterocycles. The van der Waals surface area contributed by atoms with Gasteiger partial charge in [0.15, 0.2) is 0 Å². The summed E-state index contributed by atoms with van der Waals surface area (Å²) in [6.45, 7) is 8.91. The summed E-state index contributed by atoms with van der Waals surface area (Å²) in [7, 11) is 0. The number of nitrogens with two attached hydrogens (primary N) is 1. The Morgan fingerprint density at radius 2 is 1.82 bits per heavy atom. The summed E-state index contributed by atoms with van der Waals surface area (Å²) in [6.07, 6.45) is 3.22. The summed E-state index contributed by atoms with van der Waals surface area (Å²) >= 11 is 1.88. The molecule has 2 unspecified atom stereocenters. The van der Waals surface area contributed by atoms with Crippen LogP contribution in [0.3, 0.4) is 0 Å². The molecular weight excluding hydrogens is 154 g/mol. The van der Waals surface area contributed by atoms with Gasteiger partial charge in [-0.25, -0.2) is 0 Å². The van der Waals surface area contributed by atoms with Crippen molar-refractivity contribution in [3.63, 3.8) is 0 Å². The van der Waals surface area contributed by atoms with E-state index in [1.807, 2.05) is 11.8 Å². The van der Waals surface area contributed by atoms with Crippen molar-refractivity contribution < 1.29 is 0 Å². The van der Waals surface area contributed by atoms with Crippen molar-refractivity contribution in [1.29, 1.82) is 0 Å². The van der Waals surface area contributed by atoms with Gasteiger partial charge >= 0.3 is 0 Å². The van der Waals surface area contributed by atoms with Crippen molar-refractivity contribution in [3.05, 3.63) is 0 Å². The van der Waals surface area contributed by atoms with Gasteiger partial charge in [-0.15, -0.1) is 0 Å². The third kappa shape index (κ3) is 3.48. The highest BCUT2D eigenvalue weighted by Gasteiger charge is 2.27. The first-order valence-corrected chi connectivity index (χ1v) is 5.50. The molecule has 0 aliphatic carbocycles. The molecule has 0 radical (unpaired) electrons. The van der Waals surface area contributed by atoms with Crippen LogP contribution in [-0.4, -0.2) is 17.5 Å². The van der Waals surface area contributed by atoms with E-state index in [-0.39, 0.29) is 0 Å². The zero-order valence-corrected chi connectivity index (χ0v) is 9.16. The molecule has 0 aromatic heterocycles. The van der Waals surface area contributed by atoms with Gasteiger partial charge in [-0.05, 0) is 18.1 Å². The Kier molecular flexibility index (Phi) is 4.49. The van der Waals surface area contributed by atoms with Gasteiger partial charge in [-0.3, -0.25) is 0 Å². The molecule has 68 valence electrons. The van der Waals surface area contributed by atoms with Gasteiger partial charge in [0.1, 0.15) is 0 Å². The van der Waals surface area contributed by atoms with Gasteiger partial charge in [0.2, 0.25) is 0 Å². The summed E-state index contributed by atoms with van der Waals surface area (Å²) in [5, 5.41) is 0.576. The van der Waals surface area contributed by atoms with E-state index in [2.05, 4.69) is 34.0 Å². The lowest BCUT2D eigenvalue weighted by Gasteiger charge is -2.33. The predicted molar refractivity (Wildman–Crippen MR) is 55.0 cm³/mol. The zero-order valence-electron chi connectivity index (χ0n) is 8.35. The highest BCUT2D eigenvalue weighted by molar-refractivity contribution is 7.99. The number of hydrogen-bond donors (Lipinski definition) is 1. The summed E-state index contributed by atoms with van der Waals surface area (Å²) < 4.78 is 0. The Bertz CT molecular complexity index is 107. The molecule has 0 saturated heterocycles. The van der Waals surface area contributed by atoms with Crippen LogP contribution in [0.25, 0.3) is 0 Å². The molecule has 0 spiro atoms. The van der Waals surface area contributed by atoms with E-state index in [4.69, 9.17) is 5.73 Å². The summed E-state index contributed by atoms with van der Waals surface area (Å²) in [4.78, 5) is 0. The normalized spacial score (nSPS) is 18.0. The van der Waals surface area contributed by atoms with Crippen molar-refractivity contribution in [2.75, 3.05) is 6.26 Å². The van der Waals surface area contributed by atoms with Crippen molar-refractivity contribution in [2.45, 2.75) is 45.4 Å². The molecule has 0 aromatic carbocycles. The van der Waals surface area contributed by atoms with Crippen LogP contribution in [0.4, 0.5) is 0 Å². The van der Waals surface area contributed by atoms with E-state index in [0.717, 1.165) is 6.42 Å². The van der Waals surface area contributed by atoms with Crippen LogP contribution < -0.4 is 5.73 Å². The number of thioether (sulfide) groups is 1. The van der Waals surface area contributed by atoms with Crippen molar-refractivity contribution >= 4 is 11.8 Å². The molecule has 0 fully saturated rings. The van der Waals surface area contributed by atoms with E-state index in [1.165, 1.54) is 0 Å². The number of rotatable bonds is 3. The molecule has 2 N–H and O–H groups in total. The SMILES string of the molecule is CCC(N)C(SC)C(C)(C)C.